The highest BCUT2D eigenvalue weighted by atomic mass is 32.1. The van der Waals surface area contributed by atoms with Crippen LogP contribution in [0.4, 0.5) is 4.39 Å². The fraction of sp³-hybridized carbons (Fsp3) is 0.214. The second-order valence-corrected chi connectivity index (χ2v) is 5.00. The van der Waals surface area contributed by atoms with E-state index in [1.165, 1.54) is 19.2 Å². The van der Waals surface area contributed by atoms with Gasteiger partial charge in [-0.05, 0) is 29.1 Å². The molecule has 0 radical (unpaired) electrons. The van der Waals surface area contributed by atoms with Gasteiger partial charge in [-0.3, -0.25) is 5.32 Å². The zero-order valence-corrected chi connectivity index (χ0v) is 11.2. The van der Waals surface area contributed by atoms with Crippen molar-refractivity contribution in [2.24, 2.45) is 0 Å². The summed E-state index contributed by atoms with van der Waals surface area (Å²) in [6.45, 7) is 0.536. The van der Waals surface area contributed by atoms with Crippen molar-refractivity contribution in [1.82, 2.24) is 5.32 Å². The number of esters is 1. The Kier molecular flexibility index (Phi) is 4.65. The van der Waals surface area contributed by atoms with Crippen LogP contribution in [0.2, 0.25) is 0 Å². The summed E-state index contributed by atoms with van der Waals surface area (Å²) in [6, 6.07) is 9.21. The molecule has 19 heavy (non-hydrogen) atoms. The lowest BCUT2D eigenvalue weighted by Crippen LogP contribution is -2.29. The SMILES string of the molecule is COC(=O)C(NCc1cccs1)c1cccc(F)c1. The first kappa shape index (κ1) is 13.7. The van der Waals surface area contributed by atoms with Gasteiger partial charge in [0.25, 0.3) is 0 Å². The van der Waals surface area contributed by atoms with Crippen molar-refractivity contribution < 1.29 is 13.9 Å². The van der Waals surface area contributed by atoms with Crippen LogP contribution < -0.4 is 5.32 Å². The first-order valence-electron chi connectivity index (χ1n) is 5.80. The van der Waals surface area contributed by atoms with Gasteiger partial charge in [0, 0.05) is 11.4 Å². The minimum Gasteiger partial charge on any atom is -0.468 e. The quantitative estimate of drug-likeness (QED) is 0.855. The smallest absolute Gasteiger partial charge is 0.327 e. The van der Waals surface area contributed by atoms with Crippen LogP contribution in [0.1, 0.15) is 16.5 Å². The van der Waals surface area contributed by atoms with Crippen LogP contribution in [0, 0.1) is 5.82 Å². The Bertz CT molecular complexity index is 542. The minimum absolute atomic E-state index is 0.371. The maximum Gasteiger partial charge on any atom is 0.327 e. The second kappa shape index (κ2) is 6.45. The highest BCUT2D eigenvalue weighted by Crippen LogP contribution is 2.17. The van der Waals surface area contributed by atoms with Crippen molar-refractivity contribution in [3.8, 4) is 0 Å². The number of hydrogen-bond donors (Lipinski definition) is 1. The summed E-state index contributed by atoms with van der Waals surface area (Å²) in [5.41, 5.74) is 0.559. The highest BCUT2D eigenvalue weighted by Gasteiger charge is 2.21. The zero-order valence-electron chi connectivity index (χ0n) is 10.4. The van der Waals surface area contributed by atoms with Gasteiger partial charge in [-0.25, -0.2) is 9.18 Å². The van der Waals surface area contributed by atoms with E-state index in [2.05, 4.69) is 5.32 Å². The predicted octanol–water partition coefficient (Wildman–Crippen LogP) is 2.89. The third-order valence-electron chi connectivity index (χ3n) is 2.68. The summed E-state index contributed by atoms with van der Waals surface area (Å²) >= 11 is 1.59. The molecule has 1 N–H and O–H groups in total. The first-order chi connectivity index (χ1) is 9.20. The number of nitrogens with one attached hydrogen (secondary N) is 1. The molecule has 0 aliphatic rings. The van der Waals surface area contributed by atoms with Crippen LogP contribution in [0.5, 0.6) is 0 Å². The van der Waals surface area contributed by atoms with Gasteiger partial charge >= 0.3 is 5.97 Å². The number of methoxy groups -OCH3 is 1. The van der Waals surface area contributed by atoms with Crippen LogP contribution in [-0.4, -0.2) is 13.1 Å². The number of rotatable bonds is 5. The molecule has 0 saturated heterocycles. The first-order valence-corrected chi connectivity index (χ1v) is 6.67. The fourth-order valence-electron chi connectivity index (χ4n) is 1.76. The van der Waals surface area contributed by atoms with Crippen LogP contribution in [0.15, 0.2) is 41.8 Å². The van der Waals surface area contributed by atoms with E-state index in [-0.39, 0.29) is 5.82 Å². The molecule has 5 heteroatoms. The highest BCUT2D eigenvalue weighted by molar-refractivity contribution is 7.09. The molecule has 1 aromatic heterocycles. The molecule has 0 bridgehead atoms. The minimum atomic E-state index is -0.664. The van der Waals surface area contributed by atoms with Gasteiger partial charge < -0.3 is 4.74 Å². The molecule has 0 saturated carbocycles. The summed E-state index contributed by atoms with van der Waals surface area (Å²) in [5.74, 6) is -0.800. The van der Waals surface area contributed by atoms with E-state index < -0.39 is 12.0 Å². The van der Waals surface area contributed by atoms with Gasteiger partial charge in [0.05, 0.1) is 7.11 Å². The molecule has 0 spiro atoms. The molecule has 2 aromatic rings. The van der Waals surface area contributed by atoms with Gasteiger partial charge in [0.15, 0.2) is 0 Å². The van der Waals surface area contributed by atoms with E-state index in [9.17, 15) is 9.18 Å². The van der Waals surface area contributed by atoms with E-state index in [0.717, 1.165) is 4.88 Å². The maximum absolute atomic E-state index is 13.2. The fourth-order valence-corrected chi connectivity index (χ4v) is 2.41. The molecule has 3 nitrogen and oxygen atoms in total. The Morgan fingerprint density at radius 1 is 1.42 bits per heavy atom. The molecule has 2 rings (SSSR count). The van der Waals surface area contributed by atoms with Crippen molar-refractivity contribution in [3.63, 3.8) is 0 Å². The Morgan fingerprint density at radius 3 is 2.89 bits per heavy atom. The Morgan fingerprint density at radius 2 is 2.26 bits per heavy atom. The average Bonchev–Trinajstić information content (AvgIpc) is 2.92. The molecule has 1 unspecified atom stereocenters. The number of ether oxygens (including phenoxy) is 1. The molecule has 1 heterocycles. The van der Waals surface area contributed by atoms with Gasteiger partial charge in [0.2, 0.25) is 0 Å². The zero-order chi connectivity index (χ0) is 13.7. The van der Waals surface area contributed by atoms with Crippen molar-refractivity contribution in [3.05, 3.63) is 58.0 Å². The molecule has 1 aromatic carbocycles. The Labute approximate surface area is 115 Å². The maximum atomic E-state index is 13.2. The van der Waals surface area contributed by atoms with E-state index in [4.69, 9.17) is 4.74 Å². The van der Waals surface area contributed by atoms with Gasteiger partial charge in [-0.1, -0.05) is 18.2 Å². The van der Waals surface area contributed by atoms with Crippen LogP contribution in [-0.2, 0) is 16.1 Å². The summed E-state index contributed by atoms with van der Waals surface area (Å²) in [4.78, 5) is 12.9. The van der Waals surface area contributed by atoms with Gasteiger partial charge in [-0.15, -0.1) is 11.3 Å². The lowest BCUT2D eigenvalue weighted by Gasteiger charge is -2.16. The summed E-state index contributed by atoms with van der Waals surface area (Å²) in [6.07, 6.45) is 0. The van der Waals surface area contributed by atoms with Crippen molar-refractivity contribution in [2.45, 2.75) is 12.6 Å². The van der Waals surface area contributed by atoms with E-state index in [1.54, 1.807) is 23.5 Å². The third-order valence-corrected chi connectivity index (χ3v) is 3.56. The third kappa shape index (κ3) is 3.62. The number of hydrogen-bond acceptors (Lipinski definition) is 4. The van der Waals surface area contributed by atoms with Crippen LogP contribution >= 0.6 is 11.3 Å². The molecule has 0 aliphatic carbocycles. The summed E-state index contributed by atoms with van der Waals surface area (Å²) < 4.78 is 18.0. The topological polar surface area (TPSA) is 38.3 Å². The van der Waals surface area contributed by atoms with Crippen molar-refractivity contribution in [1.29, 1.82) is 0 Å². The van der Waals surface area contributed by atoms with E-state index >= 15 is 0 Å². The summed E-state index contributed by atoms with van der Waals surface area (Å²) in [7, 11) is 1.32. The van der Waals surface area contributed by atoms with Gasteiger partial charge in [-0.2, -0.15) is 0 Å². The Hall–Kier alpha value is -1.72. The number of halogens is 1. The van der Waals surface area contributed by atoms with Crippen LogP contribution in [0.3, 0.4) is 0 Å². The molecule has 100 valence electrons. The van der Waals surface area contributed by atoms with Crippen LogP contribution in [0.25, 0.3) is 0 Å². The van der Waals surface area contributed by atoms with Gasteiger partial charge in [0.1, 0.15) is 11.9 Å². The molecular formula is C14H14FNO2S. The molecule has 0 amide bonds. The van der Waals surface area contributed by atoms with E-state index in [1.807, 2.05) is 17.5 Å². The number of benzene rings is 1. The monoisotopic (exact) mass is 279 g/mol. The Balaban J connectivity index is 2.14. The second-order valence-electron chi connectivity index (χ2n) is 3.97. The number of carbonyl (C=O) groups is 1. The predicted molar refractivity (Wildman–Crippen MR) is 72.3 cm³/mol. The summed E-state index contributed by atoms with van der Waals surface area (Å²) in [5, 5.41) is 5.05. The van der Waals surface area contributed by atoms with E-state index in [0.29, 0.717) is 12.1 Å². The standard InChI is InChI=1S/C14H14FNO2S/c1-18-14(17)13(10-4-2-5-11(15)8-10)16-9-12-6-3-7-19-12/h2-8,13,16H,9H2,1H3. The lowest BCUT2D eigenvalue weighted by molar-refractivity contribution is -0.143. The lowest BCUT2D eigenvalue weighted by atomic mass is 10.1. The molecule has 0 fully saturated rings. The molecule has 0 aliphatic heterocycles. The normalized spacial score (nSPS) is 12.1. The number of thiophene rings is 1. The van der Waals surface area contributed by atoms with Crippen molar-refractivity contribution >= 4 is 17.3 Å². The number of carbonyl (C=O) groups excluding carboxylic acids is 1. The average molecular weight is 279 g/mol. The largest absolute Gasteiger partial charge is 0.468 e. The molecular weight excluding hydrogens is 265 g/mol. The molecule has 1 atom stereocenters. The van der Waals surface area contributed by atoms with Crippen molar-refractivity contribution in [2.75, 3.05) is 7.11 Å².